The first-order valence-electron chi connectivity index (χ1n) is 8.26. The van der Waals surface area contributed by atoms with Crippen molar-refractivity contribution in [2.75, 3.05) is 6.54 Å². The van der Waals surface area contributed by atoms with Crippen LogP contribution in [0.1, 0.15) is 52.4 Å². The largest absolute Gasteiger partial charge is 0.481 e. The molecule has 3 saturated heterocycles. The molecule has 118 valence electrons. The number of hydrogen-bond donors (Lipinski definition) is 1. The zero-order chi connectivity index (χ0) is 15.1. The van der Waals surface area contributed by atoms with Crippen LogP contribution in [0, 0.1) is 11.8 Å². The molecule has 3 aliphatic rings. The minimum atomic E-state index is -0.707. The SMILES string of the molecule is CC1CC(C)N(C(=O)N2C3CCC2CC(CC(=O)O)C3)C1. The molecule has 5 nitrogen and oxygen atoms in total. The number of nitrogens with zero attached hydrogens (tertiary/aromatic N) is 2. The lowest BCUT2D eigenvalue weighted by atomic mass is 9.88. The smallest absolute Gasteiger partial charge is 0.320 e. The van der Waals surface area contributed by atoms with Crippen LogP contribution in [0.3, 0.4) is 0 Å². The summed E-state index contributed by atoms with van der Waals surface area (Å²) < 4.78 is 0. The zero-order valence-electron chi connectivity index (χ0n) is 13.0. The highest BCUT2D eigenvalue weighted by molar-refractivity contribution is 5.76. The minimum Gasteiger partial charge on any atom is -0.481 e. The molecule has 3 heterocycles. The Balaban J connectivity index is 1.67. The third kappa shape index (κ3) is 2.74. The van der Waals surface area contributed by atoms with Crippen molar-refractivity contribution in [2.24, 2.45) is 11.8 Å². The molecule has 4 atom stereocenters. The van der Waals surface area contributed by atoms with Crippen LogP contribution in [0.2, 0.25) is 0 Å². The number of carbonyl (C=O) groups excluding carboxylic acids is 1. The van der Waals surface area contributed by atoms with E-state index in [9.17, 15) is 9.59 Å². The molecule has 0 aromatic rings. The van der Waals surface area contributed by atoms with E-state index in [1.807, 2.05) is 4.90 Å². The van der Waals surface area contributed by atoms with Crippen molar-refractivity contribution in [1.29, 1.82) is 0 Å². The van der Waals surface area contributed by atoms with E-state index in [1.165, 1.54) is 0 Å². The maximum Gasteiger partial charge on any atom is 0.320 e. The highest BCUT2D eigenvalue weighted by Gasteiger charge is 2.46. The van der Waals surface area contributed by atoms with Gasteiger partial charge in [-0.25, -0.2) is 4.79 Å². The van der Waals surface area contributed by atoms with Gasteiger partial charge in [0.15, 0.2) is 0 Å². The fraction of sp³-hybridized carbons (Fsp3) is 0.875. The minimum absolute atomic E-state index is 0.202. The second-order valence-corrected chi connectivity index (χ2v) is 7.35. The fourth-order valence-electron chi connectivity index (χ4n) is 4.73. The van der Waals surface area contributed by atoms with Crippen LogP contribution in [0.25, 0.3) is 0 Å². The van der Waals surface area contributed by atoms with Gasteiger partial charge in [0.1, 0.15) is 0 Å². The topological polar surface area (TPSA) is 60.9 Å². The van der Waals surface area contributed by atoms with Gasteiger partial charge in [-0.3, -0.25) is 4.79 Å². The Labute approximate surface area is 126 Å². The maximum atomic E-state index is 12.9. The number of aliphatic carboxylic acids is 1. The van der Waals surface area contributed by atoms with E-state index in [0.717, 1.165) is 38.6 Å². The number of carboxylic acid groups (broad SMARTS) is 1. The Morgan fingerprint density at radius 2 is 1.71 bits per heavy atom. The highest BCUT2D eigenvalue weighted by atomic mass is 16.4. The average molecular weight is 294 g/mol. The van der Waals surface area contributed by atoms with Gasteiger partial charge in [0.05, 0.1) is 0 Å². The van der Waals surface area contributed by atoms with Crippen LogP contribution in [-0.4, -0.2) is 51.6 Å². The van der Waals surface area contributed by atoms with Gasteiger partial charge in [-0.05, 0) is 50.9 Å². The lowest BCUT2D eigenvalue weighted by Crippen LogP contribution is -2.53. The summed E-state index contributed by atoms with van der Waals surface area (Å²) >= 11 is 0. The van der Waals surface area contributed by atoms with Crippen LogP contribution in [0.5, 0.6) is 0 Å². The Hall–Kier alpha value is -1.26. The van der Waals surface area contributed by atoms with Crippen molar-refractivity contribution < 1.29 is 14.7 Å². The maximum absolute atomic E-state index is 12.9. The summed E-state index contributed by atoms with van der Waals surface area (Å²) in [4.78, 5) is 27.9. The molecule has 0 saturated carbocycles. The number of piperidine rings is 1. The standard InChI is InChI=1S/C16H26N2O3/c1-10-5-11(2)17(9-10)16(21)18-13-3-4-14(18)7-12(6-13)8-15(19)20/h10-14H,3-9H2,1-2H3,(H,19,20). The van der Waals surface area contributed by atoms with Crippen molar-refractivity contribution in [3.8, 4) is 0 Å². The van der Waals surface area contributed by atoms with E-state index in [4.69, 9.17) is 5.11 Å². The summed E-state index contributed by atoms with van der Waals surface area (Å²) in [6, 6.07) is 1.07. The van der Waals surface area contributed by atoms with Gasteiger partial charge in [-0.1, -0.05) is 6.92 Å². The van der Waals surface area contributed by atoms with E-state index >= 15 is 0 Å². The second kappa shape index (κ2) is 5.50. The summed E-state index contributed by atoms with van der Waals surface area (Å²) in [5.41, 5.74) is 0. The second-order valence-electron chi connectivity index (χ2n) is 7.35. The monoisotopic (exact) mass is 294 g/mol. The van der Waals surface area contributed by atoms with Crippen LogP contribution < -0.4 is 0 Å². The Bertz CT molecular complexity index is 425. The van der Waals surface area contributed by atoms with Gasteiger partial charge in [-0.2, -0.15) is 0 Å². The van der Waals surface area contributed by atoms with Crippen LogP contribution in [0.4, 0.5) is 4.79 Å². The third-order valence-electron chi connectivity index (χ3n) is 5.54. The van der Waals surface area contributed by atoms with Crippen LogP contribution >= 0.6 is 0 Å². The van der Waals surface area contributed by atoms with E-state index in [2.05, 4.69) is 18.7 Å². The summed E-state index contributed by atoms with van der Waals surface area (Å²) in [5.74, 6) is 0.131. The van der Waals surface area contributed by atoms with Gasteiger partial charge >= 0.3 is 12.0 Å². The Morgan fingerprint density at radius 3 is 2.19 bits per heavy atom. The average Bonchev–Trinajstić information content (AvgIpc) is 2.85. The molecule has 3 aliphatic heterocycles. The van der Waals surface area contributed by atoms with E-state index in [-0.39, 0.29) is 30.5 Å². The molecular weight excluding hydrogens is 268 g/mol. The molecule has 2 amide bonds. The van der Waals surface area contributed by atoms with E-state index in [0.29, 0.717) is 12.0 Å². The molecular formula is C16H26N2O3. The highest BCUT2D eigenvalue weighted by Crippen LogP contribution is 2.41. The number of amides is 2. The van der Waals surface area contributed by atoms with Gasteiger partial charge in [0.2, 0.25) is 0 Å². The molecule has 3 rings (SSSR count). The normalized spacial score (nSPS) is 38.9. The summed E-state index contributed by atoms with van der Waals surface area (Å²) in [6.45, 7) is 5.21. The van der Waals surface area contributed by atoms with Gasteiger partial charge in [-0.15, -0.1) is 0 Å². The number of rotatable bonds is 2. The Kier molecular flexibility index (Phi) is 3.84. The molecule has 0 aromatic heterocycles. The lowest BCUT2D eigenvalue weighted by molar-refractivity contribution is -0.138. The first-order chi connectivity index (χ1) is 9.95. The van der Waals surface area contributed by atoms with E-state index < -0.39 is 5.97 Å². The van der Waals surface area contributed by atoms with Crippen molar-refractivity contribution >= 4 is 12.0 Å². The number of urea groups is 1. The number of carboxylic acids is 1. The third-order valence-corrected chi connectivity index (χ3v) is 5.54. The molecule has 5 heteroatoms. The van der Waals surface area contributed by atoms with Crippen LogP contribution in [0.15, 0.2) is 0 Å². The molecule has 0 spiro atoms. The predicted molar refractivity (Wildman–Crippen MR) is 79.0 cm³/mol. The summed E-state index contributed by atoms with van der Waals surface area (Å²) in [7, 11) is 0. The molecule has 3 fully saturated rings. The molecule has 0 aliphatic carbocycles. The molecule has 1 N–H and O–H groups in total. The van der Waals surface area contributed by atoms with Crippen molar-refractivity contribution in [3.05, 3.63) is 0 Å². The predicted octanol–water partition coefficient (Wildman–Crippen LogP) is 2.55. The van der Waals surface area contributed by atoms with E-state index in [1.54, 1.807) is 0 Å². The molecule has 0 aromatic carbocycles. The fourth-order valence-corrected chi connectivity index (χ4v) is 4.73. The van der Waals surface area contributed by atoms with Gasteiger partial charge < -0.3 is 14.9 Å². The molecule has 21 heavy (non-hydrogen) atoms. The molecule has 0 radical (unpaired) electrons. The summed E-state index contributed by atoms with van der Waals surface area (Å²) in [6.07, 6.45) is 5.18. The van der Waals surface area contributed by atoms with Crippen LogP contribution in [-0.2, 0) is 4.79 Å². The number of likely N-dealkylation sites (tertiary alicyclic amines) is 1. The first kappa shape index (κ1) is 14.7. The lowest BCUT2D eigenvalue weighted by Gasteiger charge is -2.41. The zero-order valence-corrected chi connectivity index (χ0v) is 13.0. The quantitative estimate of drug-likeness (QED) is 0.851. The first-order valence-corrected chi connectivity index (χ1v) is 8.26. The van der Waals surface area contributed by atoms with Crippen molar-refractivity contribution in [3.63, 3.8) is 0 Å². The number of carbonyl (C=O) groups is 2. The Morgan fingerprint density at radius 1 is 1.10 bits per heavy atom. The molecule has 2 bridgehead atoms. The summed E-state index contributed by atoms with van der Waals surface area (Å²) in [5, 5.41) is 8.98. The van der Waals surface area contributed by atoms with Gasteiger partial charge in [0.25, 0.3) is 0 Å². The number of fused-ring (bicyclic) bond motifs is 2. The van der Waals surface area contributed by atoms with Gasteiger partial charge in [0, 0.05) is 31.1 Å². The number of hydrogen-bond acceptors (Lipinski definition) is 2. The molecule has 4 unspecified atom stereocenters. The van der Waals surface area contributed by atoms with Crippen molar-refractivity contribution in [1.82, 2.24) is 9.80 Å². The van der Waals surface area contributed by atoms with Crippen molar-refractivity contribution in [2.45, 2.75) is 70.5 Å².